The van der Waals surface area contributed by atoms with Crippen molar-refractivity contribution in [2.45, 2.75) is 137 Å². The van der Waals surface area contributed by atoms with E-state index in [-0.39, 0.29) is 26.5 Å². The molecule has 3 aliphatic carbocycles. The Morgan fingerprint density at radius 2 is 1.15 bits per heavy atom. The highest BCUT2D eigenvalue weighted by molar-refractivity contribution is 6.02. The van der Waals surface area contributed by atoms with E-state index < -0.39 is 0 Å². The van der Waals surface area contributed by atoms with Gasteiger partial charge in [0, 0.05) is 14.7 Å². The molecule has 0 spiro atoms. The highest BCUT2D eigenvalue weighted by Crippen LogP contribution is 2.25. The van der Waals surface area contributed by atoms with Crippen molar-refractivity contribution >= 4 is 34.0 Å². The number of amides is 2. The predicted molar refractivity (Wildman–Crippen MR) is 208 cm³/mol. The first kappa shape index (κ1) is 39.2. The topological polar surface area (TPSA) is 82.9 Å². The van der Waals surface area contributed by atoms with Crippen LogP contribution in [-0.2, 0) is 9.59 Å². The molecule has 6 nitrogen and oxygen atoms in total. The lowest BCUT2D eigenvalue weighted by Gasteiger charge is -2.19. The van der Waals surface area contributed by atoms with Crippen LogP contribution in [0.1, 0.15) is 146 Å². The van der Waals surface area contributed by atoms with Gasteiger partial charge in [0.1, 0.15) is 0 Å². The third kappa shape index (κ3) is 13.7. The third-order valence-electron chi connectivity index (χ3n) is 9.81. The van der Waals surface area contributed by atoms with E-state index >= 15 is 0 Å². The molecule has 0 saturated heterocycles. The van der Waals surface area contributed by atoms with E-state index in [0.29, 0.717) is 5.92 Å². The molecule has 2 N–H and O–H groups in total. The number of nitrogens with one attached hydrogen (secondary N) is 2. The maximum atomic E-state index is 12.5. The van der Waals surface area contributed by atoms with Crippen molar-refractivity contribution in [2.75, 3.05) is 0 Å². The number of benzene rings is 2. The molecule has 0 heterocycles. The third-order valence-corrected chi connectivity index (χ3v) is 9.81. The molecule has 2 radical (unpaired) electrons. The van der Waals surface area contributed by atoms with E-state index in [1.165, 1.54) is 74.1 Å². The minimum atomic E-state index is 0. The fourth-order valence-electron chi connectivity index (χ4n) is 6.62. The second-order valence-corrected chi connectivity index (χ2v) is 13.5. The van der Waals surface area contributed by atoms with Gasteiger partial charge in [0.2, 0.25) is 11.8 Å². The normalized spacial score (nSPS) is 20.5. The van der Waals surface area contributed by atoms with Gasteiger partial charge in [0.25, 0.3) is 0 Å². The standard InChI is InChI=1S/C21H34N2O.C19H22N2O.C2H6.2H2/c1-17-13-15-19(16-14-17)18(2)22-23-21(24)20-11-9-7-5-3-4-6-8-10-12-20;1-14(20-21-19(22)16-8-3-2-4-9-16)17-12-11-15-7-5-6-10-18(15)13-17;1-2;;/h13-15,17,20H,3-12,16H2,1-2H3,(H,23,24);5-7,10-13,16H,2-4,8-9H2,1H3,(H,21,22);1-2H3;2*1H/b22-18+;20-14+;;;. The summed E-state index contributed by atoms with van der Waals surface area (Å²) in [6.45, 7) is 10.1. The zero-order chi connectivity index (χ0) is 34.6. The van der Waals surface area contributed by atoms with Crippen LogP contribution in [0.15, 0.2) is 64.3 Å². The molecule has 2 aromatic rings. The fraction of sp³-hybridized carbons (Fsp3) is 0.571. The Morgan fingerprint density at radius 1 is 0.667 bits per heavy atom. The van der Waals surface area contributed by atoms with Crippen LogP contribution in [-0.4, -0.2) is 23.2 Å². The van der Waals surface area contributed by atoms with E-state index in [1.807, 2.05) is 45.9 Å². The molecule has 2 amide bonds. The van der Waals surface area contributed by atoms with E-state index in [0.717, 1.165) is 61.9 Å². The van der Waals surface area contributed by atoms with Gasteiger partial charge in [0.05, 0.1) is 11.4 Å². The smallest absolute Gasteiger partial charge is 0.243 e. The molecule has 0 aliphatic heterocycles. The summed E-state index contributed by atoms with van der Waals surface area (Å²) in [5, 5.41) is 11.1. The van der Waals surface area contributed by atoms with Crippen LogP contribution in [0.2, 0.25) is 0 Å². The van der Waals surface area contributed by atoms with Crippen LogP contribution in [0.5, 0.6) is 0 Å². The molecule has 5 rings (SSSR count). The van der Waals surface area contributed by atoms with Crippen LogP contribution >= 0.6 is 0 Å². The first-order valence-corrected chi connectivity index (χ1v) is 19.0. The van der Waals surface area contributed by atoms with Gasteiger partial charge in [-0.05, 0) is 92.7 Å². The maximum absolute atomic E-state index is 12.5. The van der Waals surface area contributed by atoms with Crippen molar-refractivity contribution in [1.82, 2.24) is 10.9 Å². The highest BCUT2D eigenvalue weighted by Gasteiger charge is 2.21. The number of nitrogens with zero attached hydrogens (tertiary/aromatic N) is 2. The minimum absolute atomic E-state index is 0. The molecule has 6 heteroatoms. The quantitative estimate of drug-likeness (QED) is 0.239. The Morgan fingerprint density at radius 3 is 1.67 bits per heavy atom. The second kappa shape index (κ2) is 22.4. The summed E-state index contributed by atoms with van der Waals surface area (Å²) in [5.41, 5.74) is 9.61. The molecule has 3 aliphatic rings. The lowest BCUT2D eigenvalue weighted by atomic mass is 9.89. The Kier molecular flexibility index (Phi) is 18.3. The Balaban J connectivity index is 0.000000460. The Hall–Kier alpha value is -3.28. The van der Waals surface area contributed by atoms with Gasteiger partial charge in [-0.1, -0.05) is 134 Å². The number of carbonyl (C=O) groups is 2. The van der Waals surface area contributed by atoms with Crippen molar-refractivity contribution in [3.05, 3.63) is 72.5 Å². The number of hydrogen-bond donors (Lipinski definition) is 2. The number of hydrazone groups is 2. The van der Waals surface area contributed by atoms with Crippen molar-refractivity contribution in [3.63, 3.8) is 0 Å². The van der Waals surface area contributed by atoms with Gasteiger partial charge in [-0.25, -0.2) is 10.9 Å². The zero-order valence-corrected chi connectivity index (χ0v) is 30.5. The molecule has 266 valence electrons. The SMILES string of the molecule is C/C(=N\NC(=O)C1CCCCC1)c1ccc2ccccc2c1.C/C(=N\NC(=O)C1CCCCCCCCCC1)C1=C[CH]C(C)[CH]C1.CC.[HH].[HH]. The van der Waals surface area contributed by atoms with E-state index in [1.54, 1.807) is 0 Å². The largest absolute Gasteiger partial charge is 0.273 e. The molecule has 0 bridgehead atoms. The Labute approximate surface area is 294 Å². The van der Waals surface area contributed by atoms with Crippen molar-refractivity contribution < 1.29 is 12.4 Å². The summed E-state index contributed by atoms with van der Waals surface area (Å²) in [6.07, 6.45) is 25.4. The molecule has 0 aromatic heterocycles. The maximum Gasteiger partial charge on any atom is 0.243 e. The van der Waals surface area contributed by atoms with Gasteiger partial charge in [0.15, 0.2) is 0 Å². The van der Waals surface area contributed by atoms with E-state index in [4.69, 9.17) is 0 Å². The van der Waals surface area contributed by atoms with Crippen LogP contribution in [0.4, 0.5) is 0 Å². The average molecular weight is 659 g/mol. The summed E-state index contributed by atoms with van der Waals surface area (Å²) < 4.78 is 0. The van der Waals surface area contributed by atoms with E-state index in [9.17, 15) is 9.59 Å². The lowest BCUT2D eigenvalue weighted by Crippen LogP contribution is -2.29. The van der Waals surface area contributed by atoms with Gasteiger partial charge in [-0.15, -0.1) is 0 Å². The predicted octanol–water partition coefficient (Wildman–Crippen LogP) is 11.2. The average Bonchev–Trinajstić information content (AvgIpc) is 3.20. The summed E-state index contributed by atoms with van der Waals surface area (Å²) in [5.74, 6) is 0.995. The highest BCUT2D eigenvalue weighted by atomic mass is 16.2. The number of rotatable bonds is 6. The summed E-state index contributed by atoms with van der Waals surface area (Å²) in [6, 6.07) is 14.5. The molecule has 2 saturated carbocycles. The summed E-state index contributed by atoms with van der Waals surface area (Å²) >= 11 is 0. The number of hydrogen-bond acceptors (Lipinski definition) is 4. The van der Waals surface area contributed by atoms with Crippen molar-refractivity contribution in [1.29, 1.82) is 0 Å². The molecule has 2 aromatic carbocycles. The van der Waals surface area contributed by atoms with Gasteiger partial charge in [-0.3, -0.25) is 9.59 Å². The number of allylic oxidation sites excluding steroid dienone is 2. The van der Waals surface area contributed by atoms with Crippen LogP contribution in [0.3, 0.4) is 0 Å². The fourth-order valence-corrected chi connectivity index (χ4v) is 6.62. The number of fused-ring (bicyclic) bond motifs is 1. The first-order valence-electron chi connectivity index (χ1n) is 19.0. The molecule has 1 unspecified atom stereocenters. The van der Waals surface area contributed by atoms with Crippen molar-refractivity contribution in [2.24, 2.45) is 28.0 Å². The number of carbonyl (C=O) groups excluding carboxylic acids is 2. The van der Waals surface area contributed by atoms with Crippen LogP contribution < -0.4 is 10.9 Å². The van der Waals surface area contributed by atoms with E-state index in [2.05, 4.69) is 71.2 Å². The lowest BCUT2D eigenvalue weighted by molar-refractivity contribution is -0.126. The van der Waals surface area contributed by atoms with Crippen LogP contribution in [0, 0.1) is 30.6 Å². The van der Waals surface area contributed by atoms with Gasteiger partial charge < -0.3 is 0 Å². The minimum Gasteiger partial charge on any atom is -0.273 e. The molecular weight excluding hydrogens is 592 g/mol. The van der Waals surface area contributed by atoms with Crippen LogP contribution in [0.25, 0.3) is 10.8 Å². The summed E-state index contributed by atoms with van der Waals surface area (Å²) in [4.78, 5) is 24.7. The Bertz CT molecular complexity index is 1350. The first-order chi connectivity index (χ1) is 23.4. The zero-order valence-electron chi connectivity index (χ0n) is 30.5. The molecular formula is C42H66N4O2. The molecule has 2 fully saturated rings. The van der Waals surface area contributed by atoms with Gasteiger partial charge in [-0.2, -0.15) is 10.2 Å². The monoisotopic (exact) mass is 659 g/mol. The molecule has 48 heavy (non-hydrogen) atoms. The molecule has 1 atom stereocenters. The second-order valence-electron chi connectivity index (χ2n) is 13.5. The van der Waals surface area contributed by atoms with Gasteiger partial charge >= 0.3 is 0 Å². The van der Waals surface area contributed by atoms with Crippen molar-refractivity contribution in [3.8, 4) is 0 Å². The summed E-state index contributed by atoms with van der Waals surface area (Å²) in [7, 11) is 0.